The van der Waals surface area contributed by atoms with Gasteiger partial charge < -0.3 is 15.3 Å². The van der Waals surface area contributed by atoms with Gasteiger partial charge in [-0.25, -0.2) is 0 Å². The van der Waals surface area contributed by atoms with Crippen molar-refractivity contribution < 1.29 is 9.57 Å². The molecule has 4 nitrogen and oxygen atoms in total. The number of nitrogens with two attached hydrogens (primary N) is 1. The van der Waals surface area contributed by atoms with Crippen LogP contribution in [0.2, 0.25) is 0 Å². The van der Waals surface area contributed by atoms with E-state index in [0.29, 0.717) is 13.2 Å². The number of rotatable bonds is 10. The monoisotopic (exact) mass is 278 g/mol. The fourth-order valence-corrected chi connectivity index (χ4v) is 1.89. The molecule has 0 radical (unpaired) electrons. The van der Waals surface area contributed by atoms with E-state index in [9.17, 15) is 0 Å². The fourth-order valence-electron chi connectivity index (χ4n) is 1.89. The van der Waals surface area contributed by atoms with Gasteiger partial charge in [0, 0.05) is 20.3 Å². The Morgan fingerprint density at radius 1 is 1.15 bits per heavy atom. The summed E-state index contributed by atoms with van der Waals surface area (Å²) in [6, 6.07) is 8.51. The lowest BCUT2D eigenvalue weighted by molar-refractivity contribution is 0.151. The molecule has 0 fully saturated rings. The Labute approximate surface area is 121 Å². The van der Waals surface area contributed by atoms with E-state index in [-0.39, 0.29) is 0 Å². The van der Waals surface area contributed by atoms with Crippen LogP contribution < -0.4 is 5.73 Å². The van der Waals surface area contributed by atoms with Crippen molar-refractivity contribution in [3.8, 4) is 0 Å². The Morgan fingerprint density at radius 3 is 2.50 bits per heavy atom. The van der Waals surface area contributed by atoms with E-state index in [1.807, 2.05) is 0 Å². The lowest BCUT2D eigenvalue weighted by atomic mass is 10.0. The van der Waals surface area contributed by atoms with Crippen LogP contribution in [0, 0.1) is 0 Å². The molecular formula is C16H26N2O2. The van der Waals surface area contributed by atoms with Gasteiger partial charge in [0.2, 0.25) is 0 Å². The van der Waals surface area contributed by atoms with E-state index >= 15 is 0 Å². The molecule has 112 valence electrons. The van der Waals surface area contributed by atoms with Crippen molar-refractivity contribution in [2.24, 2.45) is 10.9 Å². The van der Waals surface area contributed by atoms with E-state index in [2.05, 4.69) is 36.3 Å². The van der Waals surface area contributed by atoms with Gasteiger partial charge in [-0.15, -0.1) is 0 Å². The summed E-state index contributed by atoms with van der Waals surface area (Å²) in [4.78, 5) is 5.24. The zero-order chi connectivity index (χ0) is 14.6. The normalized spacial score (nSPS) is 11.7. The second-order valence-corrected chi connectivity index (χ2v) is 4.66. The van der Waals surface area contributed by atoms with Crippen LogP contribution in [-0.4, -0.2) is 32.6 Å². The van der Waals surface area contributed by atoms with E-state index < -0.39 is 0 Å². The lowest BCUT2D eigenvalue weighted by Gasteiger charge is -2.08. The molecule has 1 aromatic rings. The maximum atomic E-state index is 5.42. The number of hydrogen-bond acceptors (Lipinski definition) is 4. The molecule has 0 saturated heterocycles. The van der Waals surface area contributed by atoms with Crippen molar-refractivity contribution in [2.75, 3.05) is 26.9 Å². The number of oxime groups is 1. The van der Waals surface area contributed by atoms with Gasteiger partial charge >= 0.3 is 0 Å². The molecule has 0 heterocycles. The summed E-state index contributed by atoms with van der Waals surface area (Å²) < 4.78 is 5.07. The molecule has 1 aromatic carbocycles. The van der Waals surface area contributed by atoms with E-state index in [1.54, 1.807) is 7.11 Å². The van der Waals surface area contributed by atoms with E-state index in [1.165, 1.54) is 5.56 Å². The van der Waals surface area contributed by atoms with Crippen LogP contribution >= 0.6 is 0 Å². The number of benzene rings is 1. The summed E-state index contributed by atoms with van der Waals surface area (Å²) in [5.41, 5.74) is 8.85. The van der Waals surface area contributed by atoms with Gasteiger partial charge in [0.15, 0.2) is 0 Å². The topological polar surface area (TPSA) is 56.8 Å². The first-order valence-corrected chi connectivity index (χ1v) is 7.29. The number of ether oxygens (including phenoxy) is 1. The molecule has 2 N–H and O–H groups in total. The average molecular weight is 278 g/mol. The van der Waals surface area contributed by atoms with Crippen LogP contribution in [0.5, 0.6) is 0 Å². The summed E-state index contributed by atoms with van der Waals surface area (Å²) in [7, 11) is 1.73. The van der Waals surface area contributed by atoms with Crippen LogP contribution in [0.25, 0.3) is 0 Å². The third kappa shape index (κ3) is 6.17. The highest BCUT2D eigenvalue weighted by atomic mass is 16.6. The third-order valence-electron chi connectivity index (χ3n) is 3.09. The number of methoxy groups -OCH3 is 1. The smallest absolute Gasteiger partial charge is 0.129 e. The van der Waals surface area contributed by atoms with Crippen molar-refractivity contribution in [3.63, 3.8) is 0 Å². The Kier molecular flexibility index (Phi) is 8.67. The zero-order valence-corrected chi connectivity index (χ0v) is 12.6. The fraction of sp³-hybridized carbons (Fsp3) is 0.562. The SMILES string of the molecule is CCc1ccc(C(CCCCOC)=NOCCN)cc1. The highest BCUT2D eigenvalue weighted by Crippen LogP contribution is 2.11. The molecule has 0 aromatic heterocycles. The second-order valence-electron chi connectivity index (χ2n) is 4.66. The molecule has 0 amide bonds. The standard InChI is InChI=1S/C16H26N2O2/c1-3-14-7-9-15(10-8-14)16(18-20-13-11-17)6-4-5-12-19-2/h7-10H,3-6,11-13,17H2,1-2H3. The van der Waals surface area contributed by atoms with Crippen molar-refractivity contribution in [1.82, 2.24) is 0 Å². The van der Waals surface area contributed by atoms with Crippen LogP contribution in [0.15, 0.2) is 29.4 Å². The highest BCUT2D eigenvalue weighted by Gasteiger charge is 2.05. The quantitative estimate of drug-likeness (QED) is 0.407. The van der Waals surface area contributed by atoms with Crippen LogP contribution in [0.1, 0.15) is 37.3 Å². The largest absolute Gasteiger partial charge is 0.394 e. The molecule has 0 aliphatic carbocycles. The molecule has 4 heteroatoms. The molecule has 0 saturated carbocycles. The third-order valence-corrected chi connectivity index (χ3v) is 3.09. The Morgan fingerprint density at radius 2 is 1.90 bits per heavy atom. The first-order chi connectivity index (χ1) is 9.81. The summed E-state index contributed by atoms with van der Waals surface area (Å²) >= 11 is 0. The van der Waals surface area contributed by atoms with Gasteiger partial charge in [0.1, 0.15) is 6.61 Å². The summed E-state index contributed by atoms with van der Waals surface area (Å²) in [5.74, 6) is 0. The van der Waals surface area contributed by atoms with Crippen molar-refractivity contribution in [2.45, 2.75) is 32.6 Å². The molecule has 0 aliphatic rings. The maximum Gasteiger partial charge on any atom is 0.129 e. The Hall–Kier alpha value is -1.39. The number of nitrogens with zero attached hydrogens (tertiary/aromatic N) is 1. The van der Waals surface area contributed by atoms with Crippen LogP contribution in [-0.2, 0) is 16.0 Å². The molecule has 0 unspecified atom stereocenters. The average Bonchev–Trinajstić information content (AvgIpc) is 2.50. The molecule has 20 heavy (non-hydrogen) atoms. The van der Waals surface area contributed by atoms with Gasteiger partial charge in [-0.1, -0.05) is 36.3 Å². The Balaban J connectivity index is 2.66. The first kappa shape index (κ1) is 16.7. The summed E-state index contributed by atoms with van der Waals surface area (Å²) in [6.45, 7) is 3.87. The molecule has 0 bridgehead atoms. The minimum Gasteiger partial charge on any atom is -0.394 e. The predicted molar refractivity (Wildman–Crippen MR) is 83.1 cm³/mol. The number of aryl methyl sites for hydroxylation is 1. The summed E-state index contributed by atoms with van der Waals surface area (Å²) in [5, 5.41) is 4.23. The highest BCUT2D eigenvalue weighted by molar-refractivity contribution is 6.00. The van der Waals surface area contributed by atoms with E-state index in [0.717, 1.165) is 43.6 Å². The lowest BCUT2D eigenvalue weighted by Crippen LogP contribution is -2.08. The van der Waals surface area contributed by atoms with Crippen molar-refractivity contribution in [1.29, 1.82) is 0 Å². The zero-order valence-electron chi connectivity index (χ0n) is 12.6. The molecule has 0 atom stereocenters. The molecular weight excluding hydrogens is 252 g/mol. The van der Waals surface area contributed by atoms with Gasteiger partial charge in [-0.2, -0.15) is 0 Å². The van der Waals surface area contributed by atoms with E-state index in [4.69, 9.17) is 15.3 Å². The van der Waals surface area contributed by atoms with Gasteiger partial charge in [-0.3, -0.25) is 0 Å². The second kappa shape index (κ2) is 10.4. The first-order valence-electron chi connectivity index (χ1n) is 7.29. The molecule has 1 rings (SSSR count). The predicted octanol–water partition coefficient (Wildman–Crippen LogP) is 2.75. The summed E-state index contributed by atoms with van der Waals surface area (Å²) in [6.07, 6.45) is 4.00. The van der Waals surface area contributed by atoms with Crippen LogP contribution in [0.3, 0.4) is 0 Å². The minimum atomic E-state index is 0.453. The maximum absolute atomic E-state index is 5.42. The van der Waals surface area contributed by atoms with Gasteiger partial charge in [-0.05, 0) is 36.8 Å². The number of unbranched alkanes of at least 4 members (excludes halogenated alkanes) is 1. The van der Waals surface area contributed by atoms with Crippen molar-refractivity contribution >= 4 is 5.71 Å². The van der Waals surface area contributed by atoms with Crippen molar-refractivity contribution in [3.05, 3.63) is 35.4 Å². The van der Waals surface area contributed by atoms with Gasteiger partial charge in [0.05, 0.1) is 5.71 Å². The molecule has 0 spiro atoms. The van der Waals surface area contributed by atoms with Crippen LogP contribution in [0.4, 0.5) is 0 Å². The van der Waals surface area contributed by atoms with Gasteiger partial charge in [0.25, 0.3) is 0 Å². The minimum absolute atomic E-state index is 0.453. The number of hydrogen-bond donors (Lipinski definition) is 1. The molecule has 0 aliphatic heterocycles. The Bertz CT molecular complexity index is 388.